The summed E-state index contributed by atoms with van der Waals surface area (Å²) in [6.07, 6.45) is 1.55. The monoisotopic (exact) mass is 418 g/mol. The van der Waals surface area contributed by atoms with Gasteiger partial charge in [-0.05, 0) is 47.7 Å². The molecule has 0 spiro atoms. The van der Waals surface area contributed by atoms with Crippen molar-refractivity contribution in [3.63, 3.8) is 0 Å². The Morgan fingerprint density at radius 3 is 2.63 bits per heavy atom. The highest BCUT2D eigenvalue weighted by atomic mass is 32.1. The molecular formula is C24H22N2O3S. The van der Waals surface area contributed by atoms with Crippen molar-refractivity contribution >= 4 is 23.3 Å². The second kappa shape index (κ2) is 10.8. The average molecular weight is 419 g/mol. The van der Waals surface area contributed by atoms with Crippen molar-refractivity contribution in [3.05, 3.63) is 87.6 Å². The van der Waals surface area contributed by atoms with E-state index in [4.69, 9.17) is 9.47 Å². The van der Waals surface area contributed by atoms with Gasteiger partial charge in [-0.25, -0.2) is 0 Å². The predicted octanol–water partition coefficient (Wildman–Crippen LogP) is 4.95. The Bertz CT molecular complexity index is 1040. The number of rotatable bonds is 9. The van der Waals surface area contributed by atoms with Gasteiger partial charge in [0.2, 0.25) is 0 Å². The van der Waals surface area contributed by atoms with E-state index in [2.05, 4.69) is 5.32 Å². The van der Waals surface area contributed by atoms with Crippen molar-refractivity contribution in [2.75, 3.05) is 6.61 Å². The van der Waals surface area contributed by atoms with Gasteiger partial charge < -0.3 is 14.8 Å². The second-order valence-corrected chi connectivity index (χ2v) is 7.38. The van der Waals surface area contributed by atoms with Gasteiger partial charge in [-0.1, -0.05) is 42.5 Å². The molecule has 5 nitrogen and oxygen atoms in total. The Labute approximate surface area is 180 Å². The van der Waals surface area contributed by atoms with Crippen molar-refractivity contribution in [2.24, 2.45) is 0 Å². The molecule has 3 aromatic rings. The van der Waals surface area contributed by atoms with E-state index >= 15 is 0 Å². The molecule has 0 saturated heterocycles. The molecule has 1 N–H and O–H groups in total. The number of nitriles is 1. The van der Waals surface area contributed by atoms with Crippen LogP contribution in [0.2, 0.25) is 0 Å². The highest BCUT2D eigenvalue weighted by Crippen LogP contribution is 2.30. The molecule has 30 heavy (non-hydrogen) atoms. The molecule has 0 unspecified atom stereocenters. The molecule has 0 radical (unpaired) electrons. The van der Waals surface area contributed by atoms with Crippen LogP contribution >= 0.6 is 11.3 Å². The number of hydrogen-bond acceptors (Lipinski definition) is 5. The number of amides is 1. The summed E-state index contributed by atoms with van der Waals surface area (Å²) in [7, 11) is 0. The summed E-state index contributed by atoms with van der Waals surface area (Å²) in [5.74, 6) is 0.769. The molecule has 0 aliphatic rings. The summed E-state index contributed by atoms with van der Waals surface area (Å²) in [5.41, 5.74) is 1.78. The van der Waals surface area contributed by atoms with Crippen LogP contribution < -0.4 is 14.8 Å². The van der Waals surface area contributed by atoms with Crippen LogP contribution in [0.15, 0.2) is 71.6 Å². The van der Waals surface area contributed by atoms with Crippen LogP contribution in [0.3, 0.4) is 0 Å². The van der Waals surface area contributed by atoms with E-state index in [-0.39, 0.29) is 5.57 Å². The molecule has 0 aliphatic heterocycles. The number of benzene rings is 2. The molecule has 1 heterocycles. The molecule has 0 saturated carbocycles. The van der Waals surface area contributed by atoms with Gasteiger partial charge in [0.05, 0.1) is 13.2 Å². The normalized spacial score (nSPS) is 10.9. The van der Waals surface area contributed by atoms with E-state index in [0.717, 1.165) is 10.4 Å². The largest absolute Gasteiger partial charge is 0.490 e. The Morgan fingerprint density at radius 1 is 1.10 bits per heavy atom. The van der Waals surface area contributed by atoms with Gasteiger partial charge >= 0.3 is 0 Å². The molecule has 0 aliphatic carbocycles. The maximum Gasteiger partial charge on any atom is 0.262 e. The first kappa shape index (κ1) is 21.2. The van der Waals surface area contributed by atoms with Crippen molar-refractivity contribution < 1.29 is 14.3 Å². The van der Waals surface area contributed by atoms with Gasteiger partial charge in [0, 0.05) is 4.88 Å². The van der Waals surface area contributed by atoms with Crippen LogP contribution in [0.4, 0.5) is 0 Å². The summed E-state index contributed by atoms with van der Waals surface area (Å²) in [6.45, 7) is 3.18. The molecule has 0 bridgehead atoms. The fraction of sp³-hybridized carbons (Fsp3) is 0.167. The molecule has 3 rings (SSSR count). The SMILES string of the molecule is CCOc1cc(/C=C(/C#N)C(=O)NCc2cccs2)ccc1OCc1ccccc1. The van der Waals surface area contributed by atoms with Crippen LogP contribution in [0.25, 0.3) is 6.08 Å². The van der Waals surface area contributed by atoms with Gasteiger partial charge in [-0.3, -0.25) is 4.79 Å². The lowest BCUT2D eigenvalue weighted by atomic mass is 10.1. The van der Waals surface area contributed by atoms with Crippen LogP contribution in [0.5, 0.6) is 11.5 Å². The van der Waals surface area contributed by atoms with Crippen LogP contribution in [-0.2, 0) is 17.9 Å². The topological polar surface area (TPSA) is 71.3 Å². The van der Waals surface area contributed by atoms with Gasteiger partial charge in [0.1, 0.15) is 18.2 Å². The van der Waals surface area contributed by atoms with E-state index < -0.39 is 5.91 Å². The van der Waals surface area contributed by atoms with E-state index in [1.165, 1.54) is 0 Å². The van der Waals surface area contributed by atoms with E-state index in [1.807, 2.05) is 60.8 Å². The Hall–Kier alpha value is -3.56. The van der Waals surface area contributed by atoms with Crippen molar-refractivity contribution in [2.45, 2.75) is 20.1 Å². The van der Waals surface area contributed by atoms with Gasteiger partial charge in [-0.2, -0.15) is 5.26 Å². The number of carbonyl (C=O) groups excluding carboxylic acids is 1. The lowest BCUT2D eigenvalue weighted by Gasteiger charge is -2.13. The van der Waals surface area contributed by atoms with Gasteiger partial charge in [0.15, 0.2) is 11.5 Å². The van der Waals surface area contributed by atoms with Crippen molar-refractivity contribution in [1.82, 2.24) is 5.32 Å². The van der Waals surface area contributed by atoms with Crippen LogP contribution in [0, 0.1) is 11.3 Å². The fourth-order valence-corrected chi connectivity index (χ4v) is 3.37. The number of ether oxygens (including phenoxy) is 2. The quantitative estimate of drug-likeness (QED) is 0.394. The minimum Gasteiger partial charge on any atom is -0.490 e. The maximum absolute atomic E-state index is 12.4. The number of nitrogens with one attached hydrogen (secondary N) is 1. The summed E-state index contributed by atoms with van der Waals surface area (Å²) in [6, 6.07) is 21.1. The summed E-state index contributed by atoms with van der Waals surface area (Å²) < 4.78 is 11.6. The summed E-state index contributed by atoms with van der Waals surface area (Å²) in [5, 5.41) is 14.1. The van der Waals surface area contributed by atoms with E-state index in [9.17, 15) is 10.1 Å². The molecular weight excluding hydrogens is 396 g/mol. The molecule has 1 amide bonds. The third-order valence-electron chi connectivity index (χ3n) is 4.18. The van der Waals surface area contributed by atoms with Crippen molar-refractivity contribution in [1.29, 1.82) is 5.26 Å². The molecule has 152 valence electrons. The molecule has 2 aromatic carbocycles. The number of carbonyl (C=O) groups is 1. The Balaban J connectivity index is 1.72. The third kappa shape index (κ3) is 5.97. The third-order valence-corrected chi connectivity index (χ3v) is 5.06. The highest BCUT2D eigenvalue weighted by molar-refractivity contribution is 7.09. The fourth-order valence-electron chi connectivity index (χ4n) is 2.73. The molecule has 6 heteroatoms. The molecule has 0 atom stereocenters. The first-order valence-electron chi connectivity index (χ1n) is 9.55. The predicted molar refractivity (Wildman–Crippen MR) is 118 cm³/mol. The second-order valence-electron chi connectivity index (χ2n) is 6.35. The van der Waals surface area contributed by atoms with E-state index in [1.54, 1.807) is 35.6 Å². The van der Waals surface area contributed by atoms with Crippen LogP contribution in [0.1, 0.15) is 22.9 Å². The van der Waals surface area contributed by atoms with Crippen LogP contribution in [-0.4, -0.2) is 12.5 Å². The van der Waals surface area contributed by atoms with Crippen molar-refractivity contribution in [3.8, 4) is 17.6 Å². The number of hydrogen-bond donors (Lipinski definition) is 1. The first-order chi connectivity index (χ1) is 14.7. The van der Waals surface area contributed by atoms with E-state index in [0.29, 0.717) is 36.8 Å². The average Bonchev–Trinajstić information content (AvgIpc) is 3.30. The summed E-state index contributed by atoms with van der Waals surface area (Å²) >= 11 is 1.55. The number of nitrogens with zero attached hydrogens (tertiary/aromatic N) is 1. The maximum atomic E-state index is 12.4. The van der Waals surface area contributed by atoms with Gasteiger partial charge in [-0.15, -0.1) is 11.3 Å². The highest BCUT2D eigenvalue weighted by Gasteiger charge is 2.11. The molecule has 1 aromatic heterocycles. The first-order valence-corrected chi connectivity index (χ1v) is 10.4. The Kier molecular flexibility index (Phi) is 7.64. The zero-order chi connectivity index (χ0) is 21.2. The zero-order valence-electron chi connectivity index (χ0n) is 16.6. The standard InChI is InChI=1S/C24H22N2O3S/c1-2-28-23-14-19(10-11-22(23)29-17-18-7-4-3-5-8-18)13-20(15-25)24(27)26-16-21-9-6-12-30-21/h3-14H,2,16-17H2,1H3,(H,26,27)/b20-13-. The minimum atomic E-state index is -0.409. The molecule has 0 fully saturated rings. The Morgan fingerprint density at radius 2 is 1.93 bits per heavy atom. The lowest BCUT2D eigenvalue weighted by Crippen LogP contribution is -2.23. The number of thiophene rings is 1. The van der Waals surface area contributed by atoms with Gasteiger partial charge in [0.25, 0.3) is 5.91 Å². The minimum absolute atomic E-state index is 0.0342. The lowest BCUT2D eigenvalue weighted by molar-refractivity contribution is -0.117. The smallest absolute Gasteiger partial charge is 0.262 e. The zero-order valence-corrected chi connectivity index (χ0v) is 17.4. The summed E-state index contributed by atoms with van der Waals surface area (Å²) in [4.78, 5) is 13.4.